The minimum atomic E-state index is -4.81. The van der Waals surface area contributed by atoms with Crippen molar-refractivity contribution in [2.24, 2.45) is 0 Å². The van der Waals surface area contributed by atoms with E-state index in [4.69, 9.17) is 4.74 Å². The number of aromatic nitrogens is 2. The number of anilines is 1. The summed E-state index contributed by atoms with van der Waals surface area (Å²) in [6, 6.07) is 9.71. The molecule has 0 saturated carbocycles. The average Bonchev–Trinajstić information content (AvgIpc) is 2.93. The van der Waals surface area contributed by atoms with Crippen molar-refractivity contribution < 1.29 is 31.1 Å². The number of ether oxygens (including phenoxy) is 2. The largest absolute Gasteiger partial charge is 0.573 e. The molecule has 0 aliphatic rings. The lowest BCUT2D eigenvalue weighted by Crippen LogP contribution is -2.33. The summed E-state index contributed by atoms with van der Waals surface area (Å²) in [5.41, 5.74) is 1.31. The lowest BCUT2D eigenvalue weighted by Gasteiger charge is -2.20. The van der Waals surface area contributed by atoms with Crippen molar-refractivity contribution >= 4 is 26.7 Å². The van der Waals surface area contributed by atoms with Crippen LogP contribution in [-0.2, 0) is 10.0 Å². The summed E-state index contributed by atoms with van der Waals surface area (Å²) in [5, 5.41) is 0. The first-order valence-electron chi connectivity index (χ1n) is 8.38. The molecule has 0 unspecified atom stereocenters. The number of imidazole rings is 1. The zero-order chi connectivity index (χ0) is 21.4. The molecule has 1 heterocycles. The van der Waals surface area contributed by atoms with E-state index in [0.29, 0.717) is 16.7 Å². The molecule has 0 aliphatic carbocycles. The minimum Gasteiger partial charge on any atom is -0.425 e. The lowest BCUT2D eigenvalue weighted by molar-refractivity contribution is -0.274. The van der Waals surface area contributed by atoms with E-state index in [1.165, 1.54) is 12.1 Å². The number of hydrogen-bond donors (Lipinski definition) is 2. The Kier molecular flexibility index (Phi) is 5.11. The molecule has 29 heavy (non-hydrogen) atoms. The summed E-state index contributed by atoms with van der Waals surface area (Å²) >= 11 is 0. The second-order valence-corrected chi connectivity index (χ2v) is 9.55. The van der Waals surface area contributed by atoms with Gasteiger partial charge in [0.1, 0.15) is 11.5 Å². The molecular formula is C18H18F3N3O4S. The van der Waals surface area contributed by atoms with Gasteiger partial charge in [0.25, 0.3) is 6.01 Å². The van der Waals surface area contributed by atoms with Gasteiger partial charge >= 0.3 is 6.36 Å². The highest BCUT2D eigenvalue weighted by Gasteiger charge is 2.31. The van der Waals surface area contributed by atoms with E-state index in [9.17, 15) is 21.6 Å². The van der Waals surface area contributed by atoms with Crippen LogP contribution in [0.3, 0.4) is 0 Å². The third kappa shape index (κ3) is 5.11. The monoisotopic (exact) mass is 429 g/mol. The number of nitrogens with one attached hydrogen (secondary N) is 2. The van der Waals surface area contributed by atoms with E-state index in [1.807, 2.05) is 0 Å². The molecular weight excluding hydrogens is 411 g/mol. The smallest absolute Gasteiger partial charge is 0.425 e. The van der Waals surface area contributed by atoms with Crippen LogP contribution >= 0.6 is 0 Å². The van der Waals surface area contributed by atoms with E-state index in [2.05, 4.69) is 19.4 Å². The lowest BCUT2D eigenvalue weighted by atomic mass is 10.3. The Labute approximate surface area is 164 Å². The normalized spacial score (nSPS) is 12.8. The number of benzene rings is 2. The number of sulfonamides is 1. The number of nitrogens with zero attached hydrogens (tertiary/aromatic N) is 1. The molecule has 0 radical (unpaired) electrons. The van der Waals surface area contributed by atoms with Crippen LogP contribution in [0.25, 0.3) is 11.0 Å². The molecule has 0 spiro atoms. The molecule has 7 nitrogen and oxygen atoms in total. The van der Waals surface area contributed by atoms with Gasteiger partial charge in [-0.25, -0.2) is 8.42 Å². The van der Waals surface area contributed by atoms with E-state index >= 15 is 0 Å². The van der Waals surface area contributed by atoms with Crippen LogP contribution in [0.2, 0.25) is 0 Å². The van der Waals surface area contributed by atoms with Crippen molar-refractivity contribution in [3.63, 3.8) is 0 Å². The third-order valence-electron chi connectivity index (χ3n) is 3.77. The van der Waals surface area contributed by atoms with Crippen LogP contribution in [0.5, 0.6) is 17.5 Å². The molecule has 0 aliphatic heterocycles. The van der Waals surface area contributed by atoms with Gasteiger partial charge in [0.15, 0.2) is 0 Å². The second-order valence-electron chi connectivity index (χ2n) is 7.12. The van der Waals surface area contributed by atoms with Crippen molar-refractivity contribution in [2.75, 3.05) is 4.72 Å². The van der Waals surface area contributed by atoms with Crippen LogP contribution in [0, 0.1) is 0 Å². The number of halogens is 3. The van der Waals surface area contributed by atoms with Gasteiger partial charge in [-0.15, -0.1) is 13.2 Å². The molecule has 11 heteroatoms. The summed E-state index contributed by atoms with van der Waals surface area (Å²) < 4.78 is 72.4. The van der Waals surface area contributed by atoms with Gasteiger partial charge in [0, 0.05) is 6.07 Å². The molecule has 2 N–H and O–H groups in total. The Hall–Kier alpha value is -2.95. The van der Waals surface area contributed by atoms with E-state index < -0.39 is 26.9 Å². The number of fused-ring (bicyclic) bond motifs is 1. The molecule has 0 saturated heterocycles. The first-order chi connectivity index (χ1) is 13.3. The first kappa shape index (κ1) is 20.8. The first-order valence-corrected chi connectivity index (χ1v) is 9.86. The summed E-state index contributed by atoms with van der Waals surface area (Å²) in [6.07, 6.45) is -4.81. The van der Waals surface area contributed by atoms with Crippen molar-refractivity contribution in [2.45, 2.75) is 31.9 Å². The fraction of sp³-hybridized carbons (Fsp3) is 0.278. The zero-order valence-electron chi connectivity index (χ0n) is 15.7. The highest BCUT2D eigenvalue weighted by molar-refractivity contribution is 7.94. The topological polar surface area (TPSA) is 93.3 Å². The number of H-pyrrole nitrogens is 1. The van der Waals surface area contributed by atoms with Gasteiger partial charge in [-0.1, -0.05) is 6.07 Å². The maximum absolute atomic E-state index is 12.3. The summed E-state index contributed by atoms with van der Waals surface area (Å²) in [7, 11) is -3.60. The SMILES string of the molecule is CC(C)(C)S(=O)(=O)Nc1ccc2nc(Oc3cccc(OC(F)(F)F)c3)[nH]c2c1. The quantitative estimate of drug-likeness (QED) is 0.608. The Morgan fingerprint density at radius 1 is 1.03 bits per heavy atom. The maximum Gasteiger partial charge on any atom is 0.573 e. The number of hydrogen-bond acceptors (Lipinski definition) is 5. The van der Waals surface area contributed by atoms with Gasteiger partial charge in [0.05, 0.1) is 21.5 Å². The molecule has 0 amide bonds. The van der Waals surface area contributed by atoms with Crippen molar-refractivity contribution in [1.29, 1.82) is 0 Å². The van der Waals surface area contributed by atoms with E-state index in [-0.39, 0.29) is 11.8 Å². The Morgan fingerprint density at radius 3 is 2.38 bits per heavy atom. The Bertz CT molecular complexity index is 1140. The summed E-state index contributed by atoms with van der Waals surface area (Å²) in [4.78, 5) is 7.03. The summed E-state index contributed by atoms with van der Waals surface area (Å²) in [5.74, 6) is -0.343. The molecule has 1 aromatic heterocycles. The number of aromatic amines is 1. The average molecular weight is 429 g/mol. The maximum atomic E-state index is 12.3. The molecule has 3 rings (SSSR count). The van der Waals surface area contributed by atoms with Crippen LogP contribution < -0.4 is 14.2 Å². The van der Waals surface area contributed by atoms with Crippen LogP contribution in [0.4, 0.5) is 18.9 Å². The van der Waals surface area contributed by atoms with Crippen LogP contribution in [-0.4, -0.2) is 29.5 Å². The fourth-order valence-electron chi connectivity index (χ4n) is 2.25. The van der Waals surface area contributed by atoms with E-state index in [1.54, 1.807) is 39.0 Å². The van der Waals surface area contributed by atoms with Gasteiger partial charge in [0.2, 0.25) is 10.0 Å². The second kappa shape index (κ2) is 7.14. The van der Waals surface area contributed by atoms with Crippen molar-refractivity contribution in [1.82, 2.24) is 9.97 Å². The standard InChI is InChI=1S/C18H18F3N3O4S/c1-17(2,3)29(25,26)24-11-7-8-14-15(9-11)23-16(22-14)27-12-5-4-6-13(10-12)28-18(19,20)21/h4-10,24H,1-3H3,(H,22,23). The van der Waals surface area contributed by atoms with Crippen molar-refractivity contribution in [3.05, 3.63) is 42.5 Å². The fourth-order valence-corrected chi connectivity index (χ4v) is 3.00. The molecule has 2 aromatic carbocycles. The van der Waals surface area contributed by atoms with Crippen molar-refractivity contribution in [3.8, 4) is 17.5 Å². The van der Waals surface area contributed by atoms with Crippen LogP contribution in [0.15, 0.2) is 42.5 Å². The molecule has 156 valence electrons. The zero-order valence-corrected chi connectivity index (χ0v) is 16.5. The Morgan fingerprint density at radius 2 is 1.72 bits per heavy atom. The van der Waals surface area contributed by atoms with Gasteiger partial charge in [-0.3, -0.25) is 4.72 Å². The Balaban J connectivity index is 1.81. The number of alkyl halides is 3. The molecule has 0 atom stereocenters. The highest BCUT2D eigenvalue weighted by Crippen LogP contribution is 2.29. The van der Waals surface area contributed by atoms with Gasteiger partial charge in [-0.2, -0.15) is 4.98 Å². The van der Waals surface area contributed by atoms with Gasteiger partial charge < -0.3 is 14.5 Å². The third-order valence-corrected chi connectivity index (χ3v) is 5.89. The van der Waals surface area contributed by atoms with Gasteiger partial charge in [-0.05, 0) is 51.1 Å². The molecule has 3 aromatic rings. The highest BCUT2D eigenvalue weighted by atomic mass is 32.2. The predicted molar refractivity (Wildman–Crippen MR) is 102 cm³/mol. The number of rotatable bonds is 5. The predicted octanol–water partition coefficient (Wildman–Crippen LogP) is 4.79. The van der Waals surface area contributed by atoms with E-state index in [0.717, 1.165) is 12.1 Å². The molecule has 0 bridgehead atoms. The summed E-state index contributed by atoms with van der Waals surface area (Å²) in [6.45, 7) is 4.73. The van der Waals surface area contributed by atoms with Crippen LogP contribution in [0.1, 0.15) is 20.8 Å². The molecule has 0 fully saturated rings. The minimum absolute atomic E-state index is 0.0278.